The maximum atomic E-state index is 3.82. The van der Waals surface area contributed by atoms with Gasteiger partial charge in [-0.25, -0.2) is 0 Å². The van der Waals surface area contributed by atoms with E-state index in [-0.39, 0.29) is 0 Å². The second-order valence-electron chi connectivity index (χ2n) is 4.39. The fraction of sp³-hybridized carbons (Fsp3) is 1.00. The molecule has 0 aliphatic heterocycles. The van der Waals surface area contributed by atoms with Gasteiger partial charge in [0, 0.05) is 4.83 Å². The molecule has 3 unspecified atom stereocenters. The predicted octanol–water partition coefficient (Wildman–Crippen LogP) is 4.23. The summed E-state index contributed by atoms with van der Waals surface area (Å²) in [5, 5.41) is 0. The van der Waals surface area contributed by atoms with Crippen LogP contribution in [0.3, 0.4) is 0 Å². The molecule has 1 aliphatic carbocycles. The highest BCUT2D eigenvalue weighted by atomic mass is 79.9. The van der Waals surface area contributed by atoms with E-state index in [0.29, 0.717) is 0 Å². The van der Waals surface area contributed by atoms with Crippen LogP contribution in [0, 0.1) is 17.8 Å². The van der Waals surface area contributed by atoms with Crippen LogP contribution >= 0.6 is 15.9 Å². The molecule has 0 radical (unpaired) electrons. The third-order valence-electron chi connectivity index (χ3n) is 3.44. The summed E-state index contributed by atoms with van der Waals surface area (Å²) in [6.07, 6.45) is 5.61. The summed E-state index contributed by atoms with van der Waals surface area (Å²) in [6, 6.07) is 0. The molecule has 1 heteroatoms. The molecule has 1 rings (SSSR count). The maximum Gasteiger partial charge on any atom is 0.0176 e. The number of hydrogen-bond donors (Lipinski definition) is 0. The van der Waals surface area contributed by atoms with Crippen LogP contribution in [-0.2, 0) is 0 Å². The van der Waals surface area contributed by atoms with Crippen molar-refractivity contribution in [1.29, 1.82) is 0 Å². The lowest BCUT2D eigenvalue weighted by molar-refractivity contribution is 0.175. The fourth-order valence-corrected chi connectivity index (χ4v) is 3.73. The topological polar surface area (TPSA) is 0 Å². The molecule has 0 heterocycles. The molecule has 0 aromatic carbocycles. The fourth-order valence-electron chi connectivity index (χ4n) is 2.69. The van der Waals surface area contributed by atoms with Gasteiger partial charge in [-0.3, -0.25) is 0 Å². The van der Waals surface area contributed by atoms with Gasteiger partial charge in [0.25, 0.3) is 0 Å². The van der Waals surface area contributed by atoms with Gasteiger partial charge >= 0.3 is 0 Å². The molecule has 0 bridgehead atoms. The molecular formula is C11H21Br. The molecule has 12 heavy (non-hydrogen) atoms. The number of halogens is 1. The standard InChI is InChI=1S/C11H21Br/c1-4-10(12)11-8(2)6-5-7-9(11)3/h8-11H,4-7H2,1-3H3. The highest BCUT2D eigenvalue weighted by molar-refractivity contribution is 9.09. The lowest BCUT2D eigenvalue weighted by atomic mass is 9.72. The maximum absolute atomic E-state index is 3.82. The first-order chi connectivity index (χ1) is 5.66. The Kier molecular flexibility index (Phi) is 4.09. The van der Waals surface area contributed by atoms with Crippen molar-refractivity contribution >= 4 is 15.9 Å². The van der Waals surface area contributed by atoms with Gasteiger partial charge in [0.1, 0.15) is 0 Å². The molecule has 0 aromatic rings. The van der Waals surface area contributed by atoms with Crippen LogP contribution in [-0.4, -0.2) is 4.83 Å². The minimum atomic E-state index is 0.753. The van der Waals surface area contributed by atoms with Gasteiger partial charge in [0.15, 0.2) is 0 Å². The first kappa shape index (κ1) is 10.6. The van der Waals surface area contributed by atoms with Gasteiger partial charge < -0.3 is 0 Å². The molecule has 72 valence electrons. The molecular weight excluding hydrogens is 212 g/mol. The van der Waals surface area contributed by atoms with E-state index in [4.69, 9.17) is 0 Å². The van der Waals surface area contributed by atoms with Crippen LogP contribution in [0.5, 0.6) is 0 Å². The second kappa shape index (κ2) is 4.64. The number of hydrogen-bond acceptors (Lipinski definition) is 0. The van der Waals surface area contributed by atoms with Crippen molar-refractivity contribution in [2.45, 2.75) is 51.3 Å². The average molecular weight is 233 g/mol. The zero-order valence-corrected chi connectivity index (χ0v) is 10.1. The Morgan fingerprint density at radius 2 is 1.75 bits per heavy atom. The van der Waals surface area contributed by atoms with Gasteiger partial charge in [-0.1, -0.05) is 56.0 Å². The van der Waals surface area contributed by atoms with Crippen molar-refractivity contribution < 1.29 is 0 Å². The molecule has 0 aromatic heterocycles. The molecule has 0 spiro atoms. The van der Waals surface area contributed by atoms with Gasteiger partial charge in [0.2, 0.25) is 0 Å². The van der Waals surface area contributed by atoms with E-state index in [0.717, 1.165) is 22.6 Å². The molecule has 3 atom stereocenters. The van der Waals surface area contributed by atoms with Gasteiger partial charge in [-0.15, -0.1) is 0 Å². The summed E-state index contributed by atoms with van der Waals surface area (Å²) in [7, 11) is 0. The molecule has 1 aliphatic rings. The van der Waals surface area contributed by atoms with Crippen molar-refractivity contribution in [3.8, 4) is 0 Å². The predicted molar refractivity (Wildman–Crippen MR) is 58.7 cm³/mol. The first-order valence-corrected chi connectivity index (χ1v) is 6.22. The number of alkyl halides is 1. The van der Waals surface area contributed by atoms with Crippen LogP contribution < -0.4 is 0 Å². The average Bonchev–Trinajstić information content (AvgIpc) is 2.03. The molecule has 0 nitrogen and oxygen atoms in total. The Hall–Kier alpha value is 0.480. The monoisotopic (exact) mass is 232 g/mol. The van der Waals surface area contributed by atoms with E-state index < -0.39 is 0 Å². The SMILES string of the molecule is CCC(Br)C1C(C)CCCC1C. The first-order valence-electron chi connectivity index (χ1n) is 5.30. The minimum Gasteiger partial charge on any atom is -0.0888 e. The van der Waals surface area contributed by atoms with Crippen LogP contribution in [0.2, 0.25) is 0 Å². The van der Waals surface area contributed by atoms with Crippen LogP contribution in [0.1, 0.15) is 46.5 Å². The molecule has 0 saturated heterocycles. The van der Waals surface area contributed by atoms with E-state index >= 15 is 0 Å². The van der Waals surface area contributed by atoms with Crippen molar-refractivity contribution in [1.82, 2.24) is 0 Å². The van der Waals surface area contributed by atoms with Gasteiger partial charge in [-0.2, -0.15) is 0 Å². The van der Waals surface area contributed by atoms with Crippen molar-refractivity contribution in [2.75, 3.05) is 0 Å². The summed E-state index contributed by atoms with van der Waals surface area (Å²) < 4.78 is 0. The Morgan fingerprint density at radius 1 is 1.25 bits per heavy atom. The van der Waals surface area contributed by atoms with E-state index in [1.54, 1.807) is 0 Å². The van der Waals surface area contributed by atoms with Crippen molar-refractivity contribution in [2.24, 2.45) is 17.8 Å². The summed E-state index contributed by atoms with van der Waals surface area (Å²) in [4.78, 5) is 0.753. The van der Waals surface area contributed by atoms with Crippen molar-refractivity contribution in [3.05, 3.63) is 0 Å². The van der Waals surface area contributed by atoms with E-state index in [9.17, 15) is 0 Å². The quantitative estimate of drug-likeness (QED) is 0.626. The highest BCUT2D eigenvalue weighted by Gasteiger charge is 2.31. The normalized spacial score (nSPS) is 39.5. The Morgan fingerprint density at radius 3 is 2.17 bits per heavy atom. The smallest absolute Gasteiger partial charge is 0.0176 e. The lowest BCUT2D eigenvalue weighted by Gasteiger charge is -2.37. The Labute approximate surface area is 85.3 Å². The Balaban J connectivity index is 2.56. The van der Waals surface area contributed by atoms with Gasteiger partial charge in [-0.05, 0) is 24.2 Å². The van der Waals surface area contributed by atoms with Crippen LogP contribution in [0.25, 0.3) is 0 Å². The summed E-state index contributed by atoms with van der Waals surface area (Å²) >= 11 is 3.82. The van der Waals surface area contributed by atoms with E-state index in [1.807, 2.05) is 0 Å². The molecule has 0 N–H and O–H groups in total. The van der Waals surface area contributed by atoms with Crippen LogP contribution in [0.4, 0.5) is 0 Å². The van der Waals surface area contributed by atoms with Gasteiger partial charge in [0.05, 0.1) is 0 Å². The van der Waals surface area contributed by atoms with Crippen LogP contribution in [0.15, 0.2) is 0 Å². The van der Waals surface area contributed by atoms with E-state index in [1.165, 1.54) is 25.7 Å². The minimum absolute atomic E-state index is 0.753. The Bertz CT molecular complexity index is 117. The highest BCUT2D eigenvalue weighted by Crippen LogP contribution is 2.39. The van der Waals surface area contributed by atoms with E-state index in [2.05, 4.69) is 36.7 Å². The third-order valence-corrected chi connectivity index (χ3v) is 4.70. The lowest BCUT2D eigenvalue weighted by Crippen LogP contribution is -2.31. The zero-order chi connectivity index (χ0) is 9.14. The summed E-state index contributed by atoms with van der Waals surface area (Å²) in [5.74, 6) is 2.78. The number of rotatable bonds is 2. The second-order valence-corrected chi connectivity index (χ2v) is 5.56. The largest absolute Gasteiger partial charge is 0.0888 e. The van der Waals surface area contributed by atoms with Crippen molar-refractivity contribution in [3.63, 3.8) is 0 Å². The molecule has 1 fully saturated rings. The molecule has 0 amide bonds. The third kappa shape index (κ3) is 2.25. The summed E-state index contributed by atoms with van der Waals surface area (Å²) in [6.45, 7) is 7.13. The zero-order valence-electron chi connectivity index (χ0n) is 8.52. The summed E-state index contributed by atoms with van der Waals surface area (Å²) in [5.41, 5.74) is 0. The molecule has 1 saturated carbocycles.